The summed E-state index contributed by atoms with van der Waals surface area (Å²) in [5.74, 6) is 1.37. The Hall–Kier alpha value is -1.36. The van der Waals surface area contributed by atoms with Gasteiger partial charge in [-0.3, -0.25) is 4.40 Å². The van der Waals surface area contributed by atoms with Crippen LogP contribution in [0.4, 0.5) is 5.82 Å². The van der Waals surface area contributed by atoms with Crippen LogP contribution in [0.3, 0.4) is 0 Å². The van der Waals surface area contributed by atoms with E-state index in [0.717, 1.165) is 17.9 Å². The number of nitrogens with zero attached hydrogens (tertiary/aromatic N) is 4. The first-order valence-electron chi connectivity index (χ1n) is 4.78. The molecule has 15 heavy (non-hydrogen) atoms. The van der Waals surface area contributed by atoms with Crippen LogP contribution in [0.25, 0.3) is 5.65 Å². The molecule has 0 aliphatic rings. The first-order chi connectivity index (χ1) is 7.31. The molecule has 5 nitrogen and oxygen atoms in total. The molecule has 0 aromatic carbocycles. The van der Waals surface area contributed by atoms with Gasteiger partial charge in [0, 0.05) is 24.3 Å². The first-order valence-corrected chi connectivity index (χ1v) is 5.31. The van der Waals surface area contributed by atoms with Crippen LogP contribution in [0, 0.1) is 0 Å². The fourth-order valence-corrected chi connectivity index (χ4v) is 1.66. The van der Waals surface area contributed by atoms with E-state index >= 15 is 0 Å². The van der Waals surface area contributed by atoms with E-state index in [1.54, 1.807) is 12.5 Å². The standard InChI is InChI=1S/C9H12ClN5/c1-7(2-3-10)13-8-9-14-12-6-15(9)5-4-11-8/h4-7H,2-3H2,1H3,(H,11,13). The van der Waals surface area contributed by atoms with Crippen molar-refractivity contribution in [1.82, 2.24) is 19.6 Å². The van der Waals surface area contributed by atoms with Gasteiger partial charge >= 0.3 is 0 Å². The molecule has 0 aliphatic carbocycles. The normalized spacial score (nSPS) is 12.9. The molecule has 0 saturated heterocycles. The number of hydrogen-bond acceptors (Lipinski definition) is 4. The second-order valence-corrected chi connectivity index (χ2v) is 3.74. The summed E-state index contributed by atoms with van der Waals surface area (Å²) in [7, 11) is 0. The number of nitrogens with one attached hydrogen (secondary N) is 1. The van der Waals surface area contributed by atoms with E-state index < -0.39 is 0 Å². The van der Waals surface area contributed by atoms with E-state index in [1.165, 1.54) is 0 Å². The molecule has 0 saturated carbocycles. The topological polar surface area (TPSA) is 55.1 Å². The number of halogens is 1. The zero-order chi connectivity index (χ0) is 10.7. The van der Waals surface area contributed by atoms with Gasteiger partial charge in [-0.2, -0.15) is 0 Å². The molecule has 0 amide bonds. The lowest BCUT2D eigenvalue weighted by Crippen LogP contribution is -2.17. The SMILES string of the molecule is CC(CCCl)Nc1nccn2cnnc12. The third kappa shape index (κ3) is 2.18. The first kappa shape index (κ1) is 10.2. The van der Waals surface area contributed by atoms with Crippen molar-refractivity contribution >= 4 is 23.1 Å². The molecule has 80 valence electrons. The van der Waals surface area contributed by atoms with Crippen LogP contribution < -0.4 is 5.32 Å². The molecule has 6 heteroatoms. The van der Waals surface area contributed by atoms with Crippen molar-refractivity contribution in [2.45, 2.75) is 19.4 Å². The summed E-state index contributed by atoms with van der Waals surface area (Å²) >= 11 is 5.67. The Balaban J connectivity index is 2.23. The Bertz CT molecular complexity index is 441. The van der Waals surface area contributed by atoms with Crippen LogP contribution in [0.2, 0.25) is 0 Å². The molecule has 0 bridgehead atoms. The van der Waals surface area contributed by atoms with Gasteiger partial charge in [0.05, 0.1) is 0 Å². The fraction of sp³-hybridized carbons (Fsp3) is 0.444. The van der Waals surface area contributed by atoms with Gasteiger partial charge in [-0.05, 0) is 13.3 Å². The summed E-state index contributed by atoms with van der Waals surface area (Å²) in [5, 5.41) is 11.1. The van der Waals surface area contributed by atoms with Crippen LogP contribution in [0.1, 0.15) is 13.3 Å². The smallest absolute Gasteiger partial charge is 0.203 e. The van der Waals surface area contributed by atoms with Gasteiger partial charge in [-0.15, -0.1) is 21.8 Å². The van der Waals surface area contributed by atoms with E-state index in [2.05, 4.69) is 27.4 Å². The zero-order valence-corrected chi connectivity index (χ0v) is 9.15. The predicted octanol–water partition coefficient (Wildman–Crippen LogP) is 1.55. The fourth-order valence-electron chi connectivity index (χ4n) is 1.33. The minimum atomic E-state index is 0.276. The Morgan fingerprint density at radius 2 is 2.47 bits per heavy atom. The summed E-state index contributed by atoms with van der Waals surface area (Å²) in [6.45, 7) is 2.06. The summed E-state index contributed by atoms with van der Waals surface area (Å²) in [5.41, 5.74) is 0.735. The minimum absolute atomic E-state index is 0.276. The van der Waals surface area contributed by atoms with E-state index in [4.69, 9.17) is 11.6 Å². The van der Waals surface area contributed by atoms with Gasteiger partial charge < -0.3 is 5.32 Å². The molecule has 0 fully saturated rings. The average molecular weight is 226 g/mol. The van der Waals surface area contributed by atoms with Crippen LogP contribution in [-0.2, 0) is 0 Å². The molecule has 2 aromatic rings. The molecule has 2 heterocycles. The quantitative estimate of drug-likeness (QED) is 0.803. The van der Waals surface area contributed by atoms with Crippen LogP contribution >= 0.6 is 11.6 Å². The molecular weight excluding hydrogens is 214 g/mol. The van der Waals surface area contributed by atoms with Crippen molar-refractivity contribution in [2.75, 3.05) is 11.2 Å². The molecule has 2 aromatic heterocycles. The zero-order valence-electron chi connectivity index (χ0n) is 8.39. The maximum Gasteiger partial charge on any atom is 0.203 e. The van der Waals surface area contributed by atoms with Crippen molar-refractivity contribution < 1.29 is 0 Å². The lowest BCUT2D eigenvalue weighted by Gasteiger charge is -2.12. The molecule has 1 atom stereocenters. The number of hydrogen-bond donors (Lipinski definition) is 1. The maximum atomic E-state index is 5.67. The maximum absolute atomic E-state index is 5.67. The van der Waals surface area contributed by atoms with E-state index in [1.807, 2.05) is 10.6 Å². The van der Waals surface area contributed by atoms with Crippen LogP contribution in [0.15, 0.2) is 18.7 Å². The molecule has 0 spiro atoms. The molecule has 0 aliphatic heterocycles. The number of rotatable bonds is 4. The number of alkyl halides is 1. The molecular formula is C9H12ClN5. The Morgan fingerprint density at radius 1 is 1.60 bits per heavy atom. The second kappa shape index (κ2) is 4.44. The third-order valence-corrected chi connectivity index (χ3v) is 2.36. The Kier molecular flexibility index (Phi) is 3.01. The Labute approximate surface area is 92.5 Å². The Morgan fingerprint density at radius 3 is 3.27 bits per heavy atom. The number of aromatic nitrogens is 4. The van der Waals surface area contributed by atoms with E-state index in [-0.39, 0.29) is 6.04 Å². The van der Waals surface area contributed by atoms with Gasteiger partial charge in [-0.1, -0.05) is 0 Å². The van der Waals surface area contributed by atoms with E-state index in [0.29, 0.717) is 5.88 Å². The minimum Gasteiger partial charge on any atom is -0.364 e. The second-order valence-electron chi connectivity index (χ2n) is 3.36. The highest BCUT2D eigenvalue weighted by Gasteiger charge is 2.07. The summed E-state index contributed by atoms with van der Waals surface area (Å²) in [6.07, 6.45) is 6.06. The molecule has 0 radical (unpaired) electrons. The van der Waals surface area contributed by atoms with Crippen molar-refractivity contribution in [1.29, 1.82) is 0 Å². The summed E-state index contributed by atoms with van der Waals surface area (Å²) in [4.78, 5) is 4.22. The van der Waals surface area contributed by atoms with Crippen LogP contribution in [0.5, 0.6) is 0 Å². The van der Waals surface area contributed by atoms with Gasteiger partial charge in [0.15, 0.2) is 5.82 Å². The highest BCUT2D eigenvalue weighted by atomic mass is 35.5. The molecule has 1 unspecified atom stereocenters. The van der Waals surface area contributed by atoms with Crippen molar-refractivity contribution in [2.24, 2.45) is 0 Å². The average Bonchev–Trinajstić information content (AvgIpc) is 2.67. The van der Waals surface area contributed by atoms with Crippen molar-refractivity contribution in [3.8, 4) is 0 Å². The number of fused-ring (bicyclic) bond motifs is 1. The van der Waals surface area contributed by atoms with Gasteiger partial charge in [0.2, 0.25) is 5.65 Å². The third-order valence-electron chi connectivity index (χ3n) is 2.14. The lowest BCUT2D eigenvalue weighted by molar-refractivity contribution is 0.763. The van der Waals surface area contributed by atoms with Crippen molar-refractivity contribution in [3.05, 3.63) is 18.7 Å². The molecule has 1 N–H and O–H groups in total. The largest absolute Gasteiger partial charge is 0.364 e. The van der Waals surface area contributed by atoms with E-state index in [9.17, 15) is 0 Å². The van der Waals surface area contributed by atoms with Crippen LogP contribution in [-0.4, -0.2) is 31.5 Å². The van der Waals surface area contributed by atoms with Crippen molar-refractivity contribution in [3.63, 3.8) is 0 Å². The monoisotopic (exact) mass is 225 g/mol. The summed E-state index contributed by atoms with van der Waals surface area (Å²) in [6, 6.07) is 0.276. The predicted molar refractivity (Wildman–Crippen MR) is 59.2 cm³/mol. The highest BCUT2D eigenvalue weighted by Crippen LogP contribution is 2.12. The molecule has 2 rings (SSSR count). The van der Waals surface area contributed by atoms with Gasteiger partial charge in [0.1, 0.15) is 6.33 Å². The van der Waals surface area contributed by atoms with Gasteiger partial charge in [-0.25, -0.2) is 4.98 Å². The van der Waals surface area contributed by atoms with Gasteiger partial charge in [0.25, 0.3) is 0 Å². The number of anilines is 1. The summed E-state index contributed by atoms with van der Waals surface area (Å²) < 4.78 is 1.82. The lowest BCUT2D eigenvalue weighted by atomic mass is 10.2. The highest BCUT2D eigenvalue weighted by molar-refractivity contribution is 6.17.